The lowest BCUT2D eigenvalue weighted by Gasteiger charge is -2.23. The maximum Gasteiger partial charge on any atom is 0.329 e. The molecule has 0 fully saturated rings. The predicted octanol–water partition coefficient (Wildman–Crippen LogP) is 4.26. The zero-order chi connectivity index (χ0) is 21.6. The van der Waals surface area contributed by atoms with Crippen molar-refractivity contribution in [3.05, 3.63) is 59.9 Å². The highest BCUT2D eigenvalue weighted by molar-refractivity contribution is 6.01. The van der Waals surface area contributed by atoms with Gasteiger partial charge in [-0.3, -0.25) is 9.47 Å². The molecule has 0 bridgehead atoms. The Balaban J connectivity index is 1.66. The van der Waals surface area contributed by atoms with Crippen molar-refractivity contribution in [1.29, 1.82) is 0 Å². The number of carbonyl (C=O) groups is 1. The summed E-state index contributed by atoms with van der Waals surface area (Å²) in [6.07, 6.45) is 4.15. The Hall–Kier alpha value is -3.55. The molecule has 0 aliphatic carbocycles. The first-order valence-corrected chi connectivity index (χ1v) is 10.5. The number of nitrogens with zero attached hydrogens (tertiary/aromatic N) is 4. The van der Waals surface area contributed by atoms with Crippen LogP contribution in [0.5, 0.6) is 11.5 Å². The van der Waals surface area contributed by atoms with Crippen LogP contribution in [0.25, 0.3) is 0 Å². The van der Waals surface area contributed by atoms with E-state index in [1.165, 1.54) is 0 Å². The number of amides is 2. The summed E-state index contributed by atoms with van der Waals surface area (Å²) in [5.41, 5.74) is 1.56. The fraction of sp³-hybridized carbons (Fsp3) is 0.348. The Kier molecular flexibility index (Phi) is 6.35. The molecule has 2 amide bonds. The highest BCUT2D eigenvalue weighted by Gasteiger charge is 2.25. The van der Waals surface area contributed by atoms with Crippen molar-refractivity contribution >= 4 is 17.7 Å². The fourth-order valence-corrected chi connectivity index (χ4v) is 3.75. The van der Waals surface area contributed by atoms with E-state index < -0.39 is 0 Å². The molecule has 4 rings (SSSR count). The molecule has 0 spiro atoms. The maximum atomic E-state index is 13.4. The van der Waals surface area contributed by atoms with Crippen LogP contribution in [0.4, 0.5) is 16.4 Å². The smallest absolute Gasteiger partial charge is 0.329 e. The van der Waals surface area contributed by atoms with E-state index in [0.717, 1.165) is 49.4 Å². The van der Waals surface area contributed by atoms with Crippen molar-refractivity contribution in [3.63, 3.8) is 0 Å². The van der Waals surface area contributed by atoms with Crippen LogP contribution in [0.3, 0.4) is 0 Å². The molecule has 31 heavy (non-hydrogen) atoms. The number of urea groups is 1. The van der Waals surface area contributed by atoms with E-state index in [4.69, 9.17) is 9.47 Å². The number of hydrogen-bond acceptors (Lipinski definition) is 5. The topological polar surface area (TPSA) is 81.5 Å². The summed E-state index contributed by atoms with van der Waals surface area (Å²) in [6, 6.07) is 14.7. The van der Waals surface area contributed by atoms with Gasteiger partial charge in [0.05, 0.1) is 26.5 Å². The molecule has 0 saturated heterocycles. The van der Waals surface area contributed by atoms with Crippen LogP contribution in [0.2, 0.25) is 0 Å². The molecule has 2 aromatic carbocycles. The third kappa shape index (κ3) is 4.63. The van der Waals surface area contributed by atoms with Gasteiger partial charge in [-0.05, 0) is 42.7 Å². The second-order valence-corrected chi connectivity index (χ2v) is 7.44. The Morgan fingerprint density at radius 3 is 2.61 bits per heavy atom. The molecule has 8 nitrogen and oxygen atoms in total. The van der Waals surface area contributed by atoms with Gasteiger partial charge in [-0.1, -0.05) is 30.7 Å². The minimum absolute atomic E-state index is 0.292. The van der Waals surface area contributed by atoms with Crippen molar-refractivity contribution < 1.29 is 14.3 Å². The number of para-hydroxylation sites is 2. The molecule has 1 N–H and O–H groups in total. The van der Waals surface area contributed by atoms with Crippen LogP contribution in [-0.4, -0.2) is 35.0 Å². The van der Waals surface area contributed by atoms with Crippen LogP contribution in [-0.2, 0) is 19.5 Å². The first kappa shape index (κ1) is 20.7. The van der Waals surface area contributed by atoms with Crippen LogP contribution in [0.15, 0.2) is 48.5 Å². The molecule has 0 radical (unpaired) electrons. The lowest BCUT2D eigenvalue weighted by Crippen LogP contribution is -2.36. The second kappa shape index (κ2) is 9.51. The first-order valence-electron chi connectivity index (χ1n) is 10.5. The molecule has 162 valence electrons. The predicted molar refractivity (Wildman–Crippen MR) is 119 cm³/mol. The number of hydrogen-bond donors (Lipinski definition) is 1. The lowest BCUT2D eigenvalue weighted by molar-refractivity contribution is 0.256. The average Bonchev–Trinajstić information content (AvgIpc) is 3.05. The average molecular weight is 422 g/mol. The van der Waals surface area contributed by atoms with Gasteiger partial charge >= 0.3 is 6.03 Å². The number of anilines is 2. The molecule has 3 aromatic rings. The molecule has 1 aliphatic heterocycles. The van der Waals surface area contributed by atoms with Gasteiger partial charge in [0, 0.05) is 13.0 Å². The largest absolute Gasteiger partial charge is 0.497 e. The molecular formula is C23H27N5O3. The number of aryl methyl sites for hydroxylation is 1. The summed E-state index contributed by atoms with van der Waals surface area (Å²) in [6.45, 7) is 1.15. The fourth-order valence-electron chi connectivity index (χ4n) is 3.75. The van der Waals surface area contributed by atoms with E-state index in [-0.39, 0.29) is 6.03 Å². The molecule has 0 unspecified atom stereocenters. The minimum Gasteiger partial charge on any atom is -0.497 e. The standard InChI is InChI=1S/C23H27N5O3/c1-30-18-13-11-17(12-14-18)16-28(22-26-25-21-10-4-3-7-15-27(21)22)23(29)24-19-8-5-6-9-20(19)31-2/h5-6,8-9,11-14H,3-4,7,10,15-16H2,1-2H3,(H,24,29). The van der Waals surface area contributed by atoms with Crippen LogP contribution >= 0.6 is 0 Å². The number of methoxy groups -OCH3 is 2. The normalized spacial score (nSPS) is 13.1. The van der Waals surface area contributed by atoms with E-state index in [1.807, 2.05) is 48.5 Å². The van der Waals surface area contributed by atoms with Crippen LogP contribution < -0.4 is 19.7 Å². The van der Waals surface area contributed by atoms with Gasteiger partial charge in [-0.25, -0.2) is 4.79 Å². The Morgan fingerprint density at radius 1 is 1.03 bits per heavy atom. The third-order valence-electron chi connectivity index (χ3n) is 5.42. The summed E-state index contributed by atoms with van der Waals surface area (Å²) < 4.78 is 12.7. The number of carbonyl (C=O) groups excluding carboxylic acids is 1. The summed E-state index contributed by atoms with van der Waals surface area (Å²) in [5.74, 6) is 2.85. The SMILES string of the molecule is COc1ccc(CN(C(=O)Nc2ccccc2OC)c2nnc3n2CCCCC3)cc1. The number of aromatic nitrogens is 3. The Morgan fingerprint density at radius 2 is 1.84 bits per heavy atom. The highest BCUT2D eigenvalue weighted by atomic mass is 16.5. The Bertz CT molecular complexity index is 1030. The van der Waals surface area contributed by atoms with Gasteiger partial charge in [0.1, 0.15) is 17.3 Å². The van der Waals surface area contributed by atoms with Gasteiger partial charge in [0.25, 0.3) is 0 Å². The number of nitrogens with one attached hydrogen (secondary N) is 1. The number of ether oxygens (including phenoxy) is 2. The number of benzene rings is 2. The van der Waals surface area contributed by atoms with E-state index >= 15 is 0 Å². The molecule has 0 atom stereocenters. The lowest BCUT2D eigenvalue weighted by atomic mass is 10.2. The quantitative estimate of drug-likeness (QED) is 0.643. The van der Waals surface area contributed by atoms with Crippen LogP contribution in [0.1, 0.15) is 30.7 Å². The monoisotopic (exact) mass is 421 g/mol. The van der Waals surface area contributed by atoms with E-state index in [0.29, 0.717) is 23.9 Å². The second-order valence-electron chi connectivity index (χ2n) is 7.44. The summed E-state index contributed by atoms with van der Waals surface area (Å²) in [7, 11) is 3.21. The van der Waals surface area contributed by atoms with Gasteiger partial charge in [0.15, 0.2) is 0 Å². The van der Waals surface area contributed by atoms with Crippen molar-refractivity contribution in [1.82, 2.24) is 14.8 Å². The van der Waals surface area contributed by atoms with E-state index in [2.05, 4.69) is 20.1 Å². The summed E-state index contributed by atoms with van der Waals surface area (Å²) >= 11 is 0. The maximum absolute atomic E-state index is 13.4. The molecule has 1 aromatic heterocycles. The van der Waals surface area contributed by atoms with Gasteiger partial charge < -0.3 is 14.8 Å². The zero-order valence-corrected chi connectivity index (χ0v) is 17.9. The number of rotatable bonds is 6. The van der Waals surface area contributed by atoms with Gasteiger partial charge in [-0.15, -0.1) is 10.2 Å². The zero-order valence-electron chi connectivity index (χ0n) is 17.9. The molecule has 8 heteroatoms. The first-order chi connectivity index (χ1) is 15.2. The molecular weight excluding hydrogens is 394 g/mol. The third-order valence-corrected chi connectivity index (χ3v) is 5.42. The summed E-state index contributed by atoms with van der Waals surface area (Å²) in [5, 5.41) is 11.7. The number of fused-ring (bicyclic) bond motifs is 1. The van der Waals surface area contributed by atoms with Crippen molar-refractivity contribution in [2.75, 3.05) is 24.4 Å². The molecule has 2 heterocycles. The molecule has 0 saturated carbocycles. The van der Waals surface area contributed by atoms with E-state index in [1.54, 1.807) is 19.1 Å². The molecule has 1 aliphatic rings. The van der Waals surface area contributed by atoms with Gasteiger partial charge in [-0.2, -0.15) is 0 Å². The van der Waals surface area contributed by atoms with E-state index in [9.17, 15) is 4.79 Å². The minimum atomic E-state index is -0.292. The highest BCUT2D eigenvalue weighted by Crippen LogP contribution is 2.26. The van der Waals surface area contributed by atoms with Crippen molar-refractivity contribution in [2.24, 2.45) is 0 Å². The van der Waals surface area contributed by atoms with Gasteiger partial charge in [0.2, 0.25) is 5.95 Å². The Labute approximate surface area is 181 Å². The summed E-state index contributed by atoms with van der Waals surface area (Å²) in [4.78, 5) is 15.1. The van der Waals surface area contributed by atoms with Crippen LogP contribution in [0, 0.1) is 0 Å². The van der Waals surface area contributed by atoms with Crippen molar-refractivity contribution in [3.8, 4) is 11.5 Å². The van der Waals surface area contributed by atoms with Crippen molar-refractivity contribution in [2.45, 2.75) is 38.8 Å².